The molecule has 0 saturated carbocycles. The van der Waals surface area contributed by atoms with Crippen molar-refractivity contribution in [3.05, 3.63) is 58.6 Å². The van der Waals surface area contributed by atoms with E-state index in [1.807, 2.05) is 42.5 Å². The number of ether oxygens (including phenoxy) is 2. The van der Waals surface area contributed by atoms with Crippen LogP contribution in [0.3, 0.4) is 0 Å². The molecule has 1 fully saturated rings. The molecule has 138 valence electrons. The molecular weight excluding hydrogens is 354 g/mol. The van der Waals surface area contributed by atoms with E-state index in [1.165, 1.54) is 0 Å². The molecule has 2 unspecified atom stereocenters. The first-order valence-corrected chi connectivity index (χ1v) is 8.72. The van der Waals surface area contributed by atoms with Gasteiger partial charge >= 0.3 is 0 Å². The lowest BCUT2D eigenvalue weighted by molar-refractivity contribution is -0.125. The van der Waals surface area contributed by atoms with Crippen LogP contribution in [0.1, 0.15) is 17.2 Å². The Hall–Kier alpha value is -2.28. The van der Waals surface area contributed by atoms with Crippen LogP contribution in [0.25, 0.3) is 0 Å². The molecule has 1 heterocycles. The van der Waals surface area contributed by atoms with Gasteiger partial charge in [-0.1, -0.05) is 29.8 Å². The van der Waals surface area contributed by atoms with Crippen LogP contribution in [-0.4, -0.2) is 26.7 Å². The average Bonchev–Trinajstić information content (AvgIpc) is 3.15. The molecule has 1 saturated heterocycles. The number of hydrogen-bond donors (Lipinski definition) is 3. The van der Waals surface area contributed by atoms with E-state index in [4.69, 9.17) is 21.1 Å². The Bertz CT molecular complexity index is 784. The quantitative estimate of drug-likeness (QED) is 0.723. The molecule has 3 rings (SSSR count). The number of benzene rings is 2. The maximum absolute atomic E-state index is 12.7. The highest BCUT2D eigenvalue weighted by Gasteiger charge is 2.33. The van der Waals surface area contributed by atoms with E-state index in [2.05, 4.69) is 16.2 Å². The minimum atomic E-state index is -0.228. The van der Waals surface area contributed by atoms with Crippen molar-refractivity contribution in [1.29, 1.82) is 0 Å². The van der Waals surface area contributed by atoms with E-state index in [1.54, 1.807) is 14.2 Å². The number of halogens is 1. The second-order valence-corrected chi connectivity index (χ2v) is 6.51. The van der Waals surface area contributed by atoms with Gasteiger partial charge in [-0.05, 0) is 35.4 Å². The van der Waals surface area contributed by atoms with Crippen molar-refractivity contribution in [3.8, 4) is 11.5 Å². The van der Waals surface area contributed by atoms with E-state index >= 15 is 0 Å². The van der Waals surface area contributed by atoms with Crippen molar-refractivity contribution in [2.45, 2.75) is 12.6 Å². The molecule has 2 aromatic rings. The standard InChI is InChI=1S/C19H22ClN3O3/c1-25-16-7-6-12(8-17(16)26-2)10-21-19(24)15-11-22-23-18(15)13-4-3-5-14(20)9-13/h3-9,15,18,22-23H,10-11H2,1-2H3,(H,21,24). The molecule has 2 atom stereocenters. The lowest BCUT2D eigenvalue weighted by atomic mass is 9.94. The SMILES string of the molecule is COc1ccc(CNC(=O)C2CNNC2c2cccc(Cl)c2)cc1OC. The molecule has 6 nitrogen and oxygen atoms in total. The fourth-order valence-corrected chi connectivity index (χ4v) is 3.27. The Kier molecular flexibility index (Phi) is 5.98. The molecule has 26 heavy (non-hydrogen) atoms. The zero-order valence-corrected chi connectivity index (χ0v) is 15.5. The maximum Gasteiger partial charge on any atom is 0.226 e. The van der Waals surface area contributed by atoms with Crippen LogP contribution in [0.15, 0.2) is 42.5 Å². The monoisotopic (exact) mass is 375 g/mol. The van der Waals surface area contributed by atoms with Gasteiger partial charge in [-0.25, -0.2) is 5.43 Å². The average molecular weight is 376 g/mol. The number of methoxy groups -OCH3 is 2. The van der Waals surface area contributed by atoms with Gasteiger partial charge in [-0.15, -0.1) is 0 Å². The normalized spacial score (nSPS) is 19.2. The van der Waals surface area contributed by atoms with Crippen molar-refractivity contribution >= 4 is 17.5 Å². The highest BCUT2D eigenvalue weighted by atomic mass is 35.5. The summed E-state index contributed by atoms with van der Waals surface area (Å²) in [5.74, 6) is 1.05. The first kappa shape index (κ1) is 18.5. The van der Waals surface area contributed by atoms with Gasteiger partial charge in [0, 0.05) is 18.1 Å². The summed E-state index contributed by atoms with van der Waals surface area (Å²) >= 11 is 6.07. The summed E-state index contributed by atoms with van der Waals surface area (Å²) in [6.07, 6.45) is 0. The molecule has 2 aromatic carbocycles. The molecule has 1 aliphatic rings. The van der Waals surface area contributed by atoms with Gasteiger partial charge in [-0.2, -0.15) is 0 Å². The van der Waals surface area contributed by atoms with Gasteiger partial charge in [0.2, 0.25) is 5.91 Å². The number of carbonyl (C=O) groups is 1. The zero-order chi connectivity index (χ0) is 18.5. The molecule has 1 amide bonds. The van der Waals surface area contributed by atoms with E-state index in [0.717, 1.165) is 11.1 Å². The zero-order valence-electron chi connectivity index (χ0n) is 14.7. The summed E-state index contributed by atoms with van der Waals surface area (Å²) in [5.41, 5.74) is 8.14. The second kappa shape index (κ2) is 8.40. The number of carbonyl (C=O) groups excluding carboxylic acids is 1. The van der Waals surface area contributed by atoms with Crippen LogP contribution >= 0.6 is 11.6 Å². The first-order chi connectivity index (χ1) is 12.6. The predicted octanol–water partition coefficient (Wildman–Crippen LogP) is 2.44. The Morgan fingerprint density at radius 2 is 2.00 bits per heavy atom. The summed E-state index contributed by atoms with van der Waals surface area (Å²) in [7, 11) is 3.18. The summed E-state index contributed by atoms with van der Waals surface area (Å²) in [6.45, 7) is 0.965. The van der Waals surface area contributed by atoms with Crippen LogP contribution < -0.4 is 25.6 Å². The number of hydrazine groups is 1. The van der Waals surface area contributed by atoms with Crippen LogP contribution in [0.4, 0.5) is 0 Å². The van der Waals surface area contributed by atoms with E-state index in [9.17, 15) is 4.79 Å². The van der Waals surface area contributed by atoms with Crippen molar-refractivity contribution in [1.82, 2.24) is 16.2 Å². The molecule has 3 N–H and O–H groups in total. The summed E-state index contributed by atoms with van der Waals surface area (Å²) in [4.78, 5) is 12.7. The van der Waals surface area contributed by atoms with E-state index in [-0.39, 0.29) is 17.9 Å². The van der Waals surface area contributed by atoms with Gasteiger partial charge in [-0.3, -0.25) is 10.2 Å². The Balaban J connectivity index is 1.66. The van der Waals surface area contributed by atoms with Crippen molar-refractivity contribution in [2.24, 2.45) is 5.92 Å². The summed E-state index contributed by atoms with van der Waals surface area (Å²) in [6, 6.07) is 13.0. The molecule has 0 aliphatic carbocycles. The van der Waals surface area contributed by atoms with Gasteiger partial charge in [0.15, 0.2) is 11.5 Å². The first-order valence-electron chi connectivity index (χ1n) is 8.35. The lowest BCUT2D eigenvalue weighted by Crippen LogP contribution is -2.34. The van der Waals surface area contributed by atoms with Crippen LogP contribution in [0, 0.1) is 5.92 Å². The van der Waals surface area contributed by atoms with Crippen LogP contribution in [0.2, 0.25) is 5.02 Å². The molecular formula is C19H22ClN3O3. The van der Waals surface area contributed by atoms with E-state index in [0.29, 0.717) is 29.6 Å². The van der Waals surface area contributed by atoms with E-state index < -0.39 is 0 Å². The lowest BCUT2D eigenvalue weighted by Gasteiger charge is -2.19. The highest BCUT2D eigenvalue weighted by molar-refractivity contribution is 6.30. The Morgan fingerprint density at radius 3 is 2.73 bits per heavy atom. The van der Waals surface area contributed by atoms with Gasteiger partial charge in [0.1, 0.15) is 0 Å². The predicted molar refractivity (Wildman–Crippen MR) is 100 cm³/mol. The molecule has 0 spiro atoms. The third-order valence-corrected chi connectivity index (χ3v) is 4.68. The topological polar surface area (TPSA) is 71.6 Å². The largest absolute Gasteiger partial charge is 0.493 e. The maximum atomic E-state index is 12.7. The smallest absolute Gasteiger partial charge is 0.226 e. The van der Waals surface area contributed by atoms with Gasteiger partial charge in [0.25, 0.3) is 0 Å². The number of hydrogen-bond acceptors (Lipinski definition) is 5. The fourth-order valence-electron chi connectivity index (χ4n) is 3.07. The highest BCUT2D eigenvalue weighted by Crippen LogP contribution is 2.29. The number of amides is 1. The molecule has 0 aromatic heterocycles. The number of nitrogens with one attached hydrogen (secondary N) is 3. The molecule has 0 radical (unpaired) electrons. The molecule has 7 heteroatoms. The summed E-state index contributed by atoms with van der Waals surface area (Å²) in [5, 5.41) is 3.65. The molecule has 1 aliphatic heterocycles. The fraction of sp³-hybridized carbons (Fsp3) is 0.316. The van der Waals surface area contributed by atoms with Crippen LogP contribution in [-0.2, 0) is 11.3 Å². The number of rotatable bonds is 6. The minimum Gasteiger partial charge on any atom is -0.493 e. The second-order valence-electron chi connectivity index (χ2n) is 6.07. The Morgan fingerprint density at radius 1 is 1.19 bits per heavy atom. The van der Waals surface area contributed by atoms with Gasteiger partial charge < -0.3 is 14.8 Å². The third-order valence-electron chi connectivity index (χ3n) is 4.44. The Labute approximate surface area is 157 Å². The van der Waals surface area contributed by atoms with Crippen molar-refractivity contribution in [2.75, 3.05) is 20.8 Å². The van der Waals surface area contributed by atoms with Gasteiger partial charge in [0.05, 0.1) is 26.2 Å². The molecule has 0 bridgehead atoms. The minimum absolute atomic E-state index is 0.0257. The summed E-state index contributed by atoms with van der Waals surface area (Å²) < 4.78 is 10.5. The van der Waals surface area contributed by atoms with Crippen molar-refractivity contribution in [3.63, 3.8) is 0 Å². The van der Waals surface area contributed by atoms with Crippen LogP contribution in [0.5, 0.6) is 11.5 Å². The third kappa shape index (κ3) is 4.09. The van der Waals surface area contributed by atoms with Crippen molar-refractivity contribution < 1.29 is 14.3 Å².